The lowest BCUT2D eigenvalue weighted by Gasteiger charge is -2.29. The van der Waals surface area contributed by atoms with Crippen molar-refractivity contribution in [2.75, 3.05) is 13.7 Å². The minimum Gasteiger partial charge on any atom is -0.465 e. The highest BCUT2D eigenvalue weighted by atomic mass is 79.9. The van der Waals surface area contributed by atoms with Gasteiger partial charge in [0, 0.05) is 4.47 Å². The largest absolute Gasteiger partial charge is 0.465 e. The fourth-order valence-corrected chi connectivity index (χ4v) is 4.95. The number of esters is 2. The molecule has 2 atom stereocenters. The zero-order valence-electron chi connectivity index (χ0n) is 20.5. The van der Waals surface area contributed by atoms with Crippen molar-refractivity contribution in [3.8, 4) is 0 Å². The van der Waals surface area contributed by atoms with Gasteiger partial charge in [-0.1, -0.05) is 35.0 Å². The Kier molecular flexibility index (Phi) is 9.33. The summed E-state index contributed by atoms with van der Waals surface area (Å²) in [5.74, 6) is -1.79. The van der Waals surface area contributed by atoms with E-state index in [9.17, 15) is 35.9 Å². The highest BCUT2D eigenvalue weighted by molar-refractivity contribution is 9.10. The molecule has 1 unspecified atom stereocenters. The minimum atomic E-state index is -4.67. The second-order valence-corrected chi connectivity index (χ2v) is 9.97. The summed E-state index contributed by atoms with van der Waals surface area (Å²) in [7, 11) is 1.09. The summed E-state index contributed by atoms with van der Waals surface area (Å²) in [4.78, 5) is 24.0. The molecule has 2 aromatic carbocycles. The van der Waals surface area contributed by atoms with E-state index in [2.05, 4.69) is 20.7 Å². The van der Waals surface area contributed by atoms with Gasteiger partial charge in [-0.15, -0.1) is 0 Å². The molecule has 0 aromatic heterocycles. The number of benzene rings is 2. The molecule has 2 aromatic rings. The number of carbonyl (C=O) groups excluding carboxylic acids is 2. The molecule has 38 heavy (non-hydrogen) atoms. The van der Waals surface area contributed by atoms with Gasteiger partial charge in [-0.2, -0.15) is 26.3 Å². The first kappa shape index (κ1) is 29.7. The number of rotatable bonds is 7. The van der Waals surface area contributed by atoms with Crippen molar-refractivity contribution in [3.63, 3.8) is 0 Å². The van der Waals surface area contributed by atoms with Crippen LogP contribution in [-0.2, 0) is 21.8 Å². The van der Waals surface area contributed by atoms with Gasteiger partial charge < -0.3 is 9.47 Å². The Morgan fingerprint density at radius 2 is 1.58 bits per heavy atom. The molecule has 1 aliphatic rings. The first-order valence-electron chi connectivity index (χ1n) is 11.7. The summed E-state index contributed by atoms with van der Waals surface area (Å²) in [6, 6.07) is 6.45. The zero-order valence-corrected chi connectivity index (χ0v) is 22.1. The maximum absolute atomic E-state index is 13.8. The third-order valence-electron chi connectivity index (χ3n) is 6.62. The lowest BCUT2D eigenvalue weighted by molar-refractivity contribution is -0.138. The molecule has 206 valence electrons. The van der Waals surface area contributed by atoms with Gasteiger partial charge in [-0.3, -0.25) is 0 Å². The fourth-order valence-electron chi connectivity index (χ4n) is 4.47. The van der Waals surface area contributed by atoms with E-state index in [1.807, 2.05) is 6.92 Å². The van der Waals surface area contributed by atoms with Crippen molar-refractivity contribution in [1.29, 1.82) is 0 Å². The molecule has 0 saturated carbocycles. The molecule has 0 spiro atoms. The number of methoxy groups -OCH3 is 1. The van der Waals surface area contributed by atoms with E-state index in [1.165, 1.54) is 18.2 Å². The normalized spacial score (nSPS) is 17.0. The average Bonchev–Trinajstić information content (AvgIpc) is 2.86. The third kappa shape index (κ3) is 7.18. The lowest BCUT2D eigenvalue weighted by atomic mass is 9.77. The number of carbonyl (C=O) groups is 2. The molecule has 0 fully saturated rings. The fraction of sp³-hybridized carbons (Fsp3) is 0.407. The summed E-state index contributed by atoms with van der Waals surface area (Å²) >= 11 is 2.82. The van der Waals surface area contributed by atoms with Gasteiger partial charge in [0.1, 0.15) is 0 Å². The topological polar surface area (TPSA) is 52.6 Å². The number of hydrogen-bond donors (Lipinski definition) is 0. The summed E-state index contributed by atoms with van der Waals surface area (Å²) in [5.41, 5.74) is -1.81. The molecule has 3 rings (SSSR count). The van der Waals surface area contributed by atoms with Crippen LogP contribution in [-0.4, -0.2) is 25.7 Å². The molecule has 4 nitrogen and oxygen atoms in total. The van der Waals surface area contributed by atoms with Crippen LogP contribution in [0.25, 0.3) is 5.57 Å². The lowest BCUT2D eigenvalue weighted by Crippen LogP contribution is -2.19. The van der Waals surface area contributed by atoms with E-state index in [-0.39, 0.29) is 39.6 Å². The van der Waals surface area contributed by atoms with E-state index in [1.54, 1.807) is 6.08 Å². The van der Waals surface area contributed by atoms with Crippen LogP contribution in [0.4, 0.5) is 26.3 Å². The summed E-state index contributed by atoms with van der Waals surface area (Å²) in [6.07, 6.45) is -5.52. The van der Waals surface area contributed by atoms with Crippen molar-refractivity contribution in [3.05, 3.63) is 74.8 Å². The molecule has 0 bridgehead atoms. The number of allylic oxidation sites excluding steroid dienone is 2. The zero-order chi connectivity index (χ0) is 28.3. The second-order valence-electron chi connectivity index (χ2n) is 9.11. The van der Waals surface area contributed by atoms with Crippen LogP contribution in [0, 0.1) is 11.8 Å². The van der Waals surface area contributed by atoms with E-state index >= 15 is 0 Å². The molecule has 11 heteroatoms. The second kappa shape index (κ2) is 11.9. The summed E-state index contributed by atoms with van der Waals surface area (Å²) in [5, 5.41) is 0. The van der Waals surface area contributed by atoms with Crippen LogP contribution < -0.4 is 0 Å². The van der Waals surface area contributed by atoms with E-state index in [4.69, 9.17) is 4.74 Å². The van der Waals surface area contributed by atoms with Crippen LogP contribution >= 0.6 is 15.9 Å². The first-order chi connectivity index (χ1) is 17.7. The van der Waals surface area contributed by atoms with Crippen LogP contribution in [0.2, 0.25) is 0 Å². The van der Waals surface area contributed by atoms with Crippen LogP contribution in [0.3, 0.4) is 0 Å². The molecule has 0 saturated heterocycles. The molecule has 0 N–H and O–H groups in total. The van der Waals surface area contributed by atoms with Gasteiger partial charge in [0.25, 0.3) is 0 Å². The van der Waals surface area contributed by atoms with Crippen molar-refractivity contribution < 1.29 is 45.4 Å². The molecule has 0 amide bonds. The molecule has 0 aliphatic heterocycles. The Bertz CT molecular complexity index is 1220. The molecular formula is C27H25BrF6O4. The quantitative estimate of drug-likeness (QED) is 0.235. The van der Waals surface area contributed by atoms with Gasteiger partial charge in [-0.25, -0.2) is 9.59 Å². The Labute approximate surface area is 224 Å². The Morgan fingerprint density at radius 1 is 0.974 bits per heavy atom. The third-order valence-corrected chi connectivity index (χ3v) is 7.31. The van der Waals surface area contributed by atoms with Crippen molar-refractivity contribution in [2.24, 2.45) is 11.8 Å². The van der Waals surface area contributed by atoms with Crippen LogP contribution in [0.15, 0.2) is 46.9 Å². The Hall–Kier alpha value is -2.82. The maximum atomic E-state index is 13.8. The Balaban J connectivity index is 1.65. The van der Waals surface area contributed by atoms with Gasteiger partial charge in [0.2, 0.25) is 0 Å². The number of hydrogen-bond acceptors (Lipinski definition) is 4. The van der Waals surface area contributed by atoms with Gasteiger partial charge >= 0.3 is 24.3 Å². The smallest absolute Gasteiger partial charge is 0.417 e. The highest BCUT2D eigenvalue weighted by Gasteiger charge is 2.36. The summed E-state index contributed by atoms with van der Waals surface area (Å²) < 4.78 is 90.3. The van der Waals surface area contributed by atoms with Gasteiger partial charge in [-0.05, 0) is 79.0 Å². The first-order valence-corrected chi connectivity index (χ1v) is 12.5. The van der Waals surface area contributed by atoms with E-state index < -0.39 is 35.4 Å². The molecular weight excluding hydrogens is 582 g/mol. The van der Waals surface area contributed by atoms with E-state index in [0.29, 0.717) is 24.8 Å². The SMILES string of the molecule is COC(=O)c1ccc(C2=CCCC([C@@H](C)CCOC(=O)c3ccc(Br)c(C(F)(F)F)c3)C2)c(C(F)(F)F)c1. The maximum Gasteiger partial charge on any atom is 0.417 e. The predicted octanol–water partition coefficient (Wildman–Crippen LogP) is 8.34. The summed E-state index contributed by atoms with van der Waals surface area (Å²) in [6.45, 7) is 1.85. The standard InChI is InChI=1S/C27H25BrF6O4/c1-15(10-11-38-25(36)19-7-9-23(28)22(14-19)27(32,33)34)16-4-3-5-17(12-16)20-8-6-18(24(35)37-2)13-21(20)26(29,30)31/h5-9,13-16H,3-4,10-12H2,1-2H3/t15-,16?/m0/s1. The number of ether oxygens (including phenoxy) is 2. The molecule has 0 radical (unpaired) electrons. The predicted molar refractivity (Wildman–Crippen MR) is 131 cm³/mol. The van der Waals surface area contributed by atoms with Crippen molar-refractivity contribution in [1.82, 2.24) is 0 Å². The minimum absolute atomic E-state index is 0.000387. The number of alkyl halides is 6. The van der Waals surface area contributed by atoms with E-state index in [0.717, 1.165) is 31.7 Å². The number of halogens is 7. The van der Waals surface area contributed by atoms with Crippen molar-refractivity contribution >= 4 is 33.4 Å². The monoisotopic (exact) mass is 606 g/mol. The van der Waals surface area contributed by atoms with Gasteiger partial charge in [0.05, 0.1) is 36.0 Å². The Morgan fingerprint density at radius 3 is 2.21 bits per heavy atom. The van der Waals surface area contributed by atoms with Crippen molar-refractivity contribution in [2.45, 2.75) is 45.0 Å². The van der Waals surface area contributed by atoms with Gasteiger partial charge in [0.15, 0.2) is 0 Å². The highest BCUT2D eigenvalue weighted by Crippen LogP contribution is 2.42. The van der Waals surface area contributed by atoms with Crippen LogP contribution in [0.1, 0.15) is 70.0 Å². The molecule has 0 heterocycles. The van der Waals surface area contributed by atoms with Crippen LogP contribution in [0.5, 0.6) is 0 Å². The molecule has 1 aliphatic carbocycles. The average molecular weight is 607 g/mol.